The first-order valence-electron chi connectivity index (χ1n) is 7.52. The zero-order valence-electron chi connectivity index (χ0n) is 11.2. The summed E-state index contributed by atoms with van der Waals surface area (Å²) in [6.45, 7) is 6.28. The van der Waals surface area contributed by atoms with E-state index < -0.39 is 0 Å². The average molecular weight is 248 g/mol. The molecule has 0 atom stereocenters. The fraction of sp³-hybridized carbons (Fsp3) is 0.800. The molecule has 0 bridgehead atoms. The van der Waals surface area contributed by atoms with E-state index in [1.54, 1.807) is 0 Å². The number of carbonyl (C=O) groups is 1. The lowest BCUT2D eigenvalue weighted by atomic mass is 9.96. The zero-order chi connectivity index (χ0) is 12.4. The highest BCUT2D eigenvalue weighted by Crippen LogP contribution is 2.26. The molecule has 2 saturated heterocycles. The number of allylic oxidation sites excluding steroid dienone is 2. The molecule has 1 aliphatic carbocycles. The molecule has 100 valence electrons. The fourth-order valence-corrected chi connectivity index (χ4v) is 3.56. The van der Waals surface area contributed by atoms with Crippen molar-refractivity contribution in [2.24, 2.45) is 5.92 Å². The van der Waals surface area contributed by atoms with E-state index in [2.05, 4.69) is 9.80 Å². The van der Waals surface area contributed by atoms with Gasteiger partial charge in [0.15, 0.2) is 5.78 Å². The van der Waals surface area contributed by atoms with Gasteiger partial charge in [-0.15, -0.1) is 0 Å². The summed E-state index contributed by atoms with van der Waals surface area (Å²) in [6.07, 6.45) is 9.01. The molecular formula is C15H24N2O. The van der Waals surface area contributed by atoms with Gasteiger partial charge in [-0.05, 0) is 51.1 Å². The quantitative estimate of drug-likeness (QED) is 0.763. The Morgan fingerprint density at radius 3 is 2.39 bits per heavy atom. The third kappa shape index (κ3) is 2.77. The molecule has 0 spiro atoms. The van der Waals surface area contributed by atoms with Crippen molar-refractivity contribution in [3.8, 4) is 0 Å². The summed E-state index contributed by atoms with van der Waals surface area (Å²) in [6, 6.07) is 0. The Morgan fingerprint density at radius 1 is 1.06 bits per heavy atom. The van der Waals surface area contributed by atoms with Crippen molar-refractivity contribution in [2.75, 3.05) is 32.7 Å². The van der Waals surface area contributed by atoms with E-state index in [1.807, 2.05) is 6.08 Å². The Morgan fingerprint density at radius 2 is 1.78 bits per heavy atom. The first kappa shape index (κ1) is 12.2. The molecule has 3 rings (SSSR count). The van der Waals surface area contributed by atoms with E-state index in [-0.39, 0.29) is 0 Å². The molecule has 0 amide bonds. The van der Waals surface area contributed by atoms with Gasteiger partial charge >= 0.3 is 0 Å². The van der Waals surface area contributed by atoms with Crippen molar-refractivity contribution >= 4 is 5.78 Å². The second-order valence-electron chi connectivity index (χ2n) is 6.04. The number of hydrogen-bond acceptors (Lipinski definition) is 3. The average Bonchev–Trinajstić information content (AvgIpc) is 3.02. The molecule has 0 saturated carbocycles. The lowest BCUT2D eigenvalue weighted by Crippen LogP contribution is -2.37. The molecular weight excluding hydrogens is 224 g/mol. The summed E-state index contributed by atoms with van der Waals surface area (Å²) >= 11 is 0. The van der Waals surface area contributed by atoms with Crippen LogP contribution < -0.4 is 0 Å². The van der Waals surface area contributed by atoms with Crippen LogP contribution in [0.5, 0.6) is 0 Å². The van der Waals surface area contributed by atoms with Crippen LogP contribution in [0.4, 0.5) is 0 Å². The van der Waals surface area contributed by atoms with Crippen LogP contribution in [0.15, 0.2) is 11.8 Å². The zero-order valence-corrected chi connectivity index (χ0v) is 11.2. The maximum atomic E-state index is 11.3. The maximum absolute atomic E-state index is 11.3. The highest BCUT2D eigenvalue weighted by molar-refractivity contribution is 5.92. The van der Waals surface area contributed by atoms with Crippen molar-refractivity contribution in [2.45, 2.75) is 38.5 Å². The molecule has 3 heteroatoms. The van der Waals surface area contributed by atoms with Gasteiger partial charge in [0.25, 0.3) is 0 Å². The van der Waals surface area contributed by atoms with E-state index in [4.69, 9.17) is 0 Å². The van der Waals surface area contributed by atoms with Gasteiger partial charge in [0.2, 0.25) is 0 Å². The molecule has 3 nitrogen and oxygen atoms in total. The van der Waals surface area contributed by atoms with Crippen LogP contribution in [0.2, 0.25) is 0 Å². The van der Waals surface area contributed by atoms with Gasteiger partial charge in [-0.2, -0.15) is 0 Å². The number of rotatable bonds is 3. The predicted octanol–water partition coefficient (Wildman–Crippen LogP) is 2.04. The third-order valence-corrected chi connectivity index (χ3v) is 4.69. The number of likely N-dealkylation sites (tertiary alicyclic amines) is 2. The monoisotopic (exact) mass is 248 g/mol. The summed E-state index contributed by atoms with van der Waals surface area (Å²) in [4.78, 5) is 16.4. The molecule has 0 aromatic carbocycles. The Labute approximate surface area is 110 Å². The smallest absolute Gasteiger partial charge is 0.157 e. The van der Waals surface area contributed by atoms with E-state index in [1.165, 1.54) is 51.0 Å². The highest BCUT2D eigenvalue weighted by Gasteiger charge is 2.25. The topological polar surface area (TPSA) is 23.6 Å². The van der Waals surface area contributed by atoms with Gasteiger partial charge in [-0.3, -0.25) is 4.79 Å². The van der Waals surface area contributed by atoms with Crippen LogP contribution in [0.1, 0.15) is 38.5 Å². The van der Waals surface area contributed by atoms with Crippen molar-refractivity contribution < 1.29 is 4.79 Å². The highest BCUT2D eigenvalue weighted by atomic mass is 16.1. The van der Waals surface area contributed by atoms with Gasteiger partial charge in [-0.1, -0.05) is 0 Å². The van der Waals surface area contributed by atoms with Crippen LogP contribution in [0.25, 0.3) is 0 Å². The van der Waals surface area contributed by atoms with Crippen molar-refractivity contribution in [3.63, 3.8) is 0 Å². The second-order valence-corrected chi connectivity index (χ2v) is 6.04. The molecule has 2 heterocycles. The Kier molecular flexibility index (Phi) is 3.69. The standard InChI is InChI=1S/C15H24N2O/c18-15-4-3-14(11-15)17-9-5-13(6-10-17)12-16-7-1-2-8-16/h11,13H,1-10,12H2. The minimum Gasteiger partial charge on any atom is -0.375 e. The van der Waals surface area contributed by atoms with Crippen molar-refractivity contribution in [1.82, 2.24) is 9.80 Å². The molecule has 18 heavy (non-hydrogen) atoms. The van der Waals surface area contributed by atoms with E-state index in [0.717, 1.165) is 31.8 Å². The van der Waals surface area contributed by atoms with Crippen LogP contribution in [-0.2, 0) is 4.79 Å². The third-order valence-electron chi connectivity index (χ3n) is 4.69. The van der Waals surface area contributed by atoms with Gasteiger partial charge in [-0.25, -0.2) is 0 Å². The second kappa shape index (κ2) is 5.43. The fourth-order valence-electron chi connectivity index (χ4n) is 3.56. The Bertz CT molecular complexity index is 336. The van der Waals surface area contributed by atoms with Crippen LogP contribution in [-0.4, -0.2) is 48.3 Å². The Balaban J connectivity index is 1.46. The van der Waals surface area contributed by atoms with Gasteiger partial charge < -0.3 is 9.80 Å². The van der Waals surface area contributed by atoms with Crippen LogP contribution >= 0.6 is 0 Å². The Hall–Kier alpha value is -0.830. The molecule has 2 fully saturated rings. The van der Waals surface area contributed by atoms with Gasteiger partial charge in [0.1, 0.15) is 0 Å². The van der Waals surface area contributed by atoms with Gasteiger partial charge in [0.05, 0.1) is 0 Å². The van der Waals surface area contributed by atoms with E-state index in [9.17, 15) is 4.79 Å². The lowest BCUT2D eigenvalue weighted by Gasteiger charge is -2.35. The van der Waals surface area contributed by atoms with E-state index in [0.29, 0.717) is 5.78 Å². The summed E-state index contributed by atoms with van der Waals surface area (Å²) < 4.78 is 0. The normalized spacial score (nSPS) is 27.0. The number of carbonyl (C=O) groups excluding carboxylic acids is 1. The van der Waals surface area contributed by atoms with Gasteiger partial charge in [0, 0.05) is 37.8 Å². The summed E-state index contributed by atoms with van der Waals surface area (Å²) in [5, 5.41) is 0. The maximum Gasteiger partial charge on any atom is 0.157 e. The molecule has 0 unspecified atom stereocenters. The first-order valence-corrected chi connectivity index (χ1v) is 7.52. The molecule has 3 aliphatic rings. The first-order chi connectivity index (χ1) is 8.81. The van der Waals surface area contributed by atoms with Crippen LogP contribution in [0.3, 0.4) is 0 Å². The van der Waals surface area contributed by atoms with Crippen molar-refractivity contribution in [3.05, 3.63) is 11.8 Å². The molecule has 0 aromatic heterocycles. The number of nitrogens with zero attached hydrogens (tertiary/aromatic N) is 2. The molecule has 0 N–H and O–H groups in total. The minimum atomic E-state index is 0.323. The van der Waals surface area contributed by atoms with Crippen molar-refractivity contribution in [1.29, 1.82) is 0 Å². The summed E-state index contributed by atoms with van der Waals surface area (Å²) in [5.74, 6) is 1.21. The summed E-state index contributed by atoms with van der Waals surface area (Å²) in [5.41, 5.74) is 1.31. The number of piperidine rings is 1. The number of hydrogen-bond donors (Lipinski definition) is 0. The van der Waals surface area contributed by atoms with E-state index >= 15 is 0 Å². The molecule has 0 radical (unpaired) electrons. The number of ketones is 1. The molecule has 2 aliphatic heterocycles. The minimum absolute atomic E-state index is 0.323. The van der Waals surface area contributed by atoms with Crippen LogP contribution in [0, 0.1) is 5.92 Å². The SMILES string of the molecule is O=C1C=C(N2CCC(CN3CCCC3)CC2)CC1. The largest absolute Gasteiger partial charge is 0.375 e. The lowest BCUT2D eigenvalue weighted by molar-refractivity contribution is -0.114. The predicted molar refractivity (Wildman–Crippen MR) is 72.3 cm³/mol. The molecule has 0 aromatic rings. The summed E-state index contributed by atoms with van der Waals surface area (Å²) in [7, 11) is 0.